The molecule has 0 bridgehead atoms. The maximum absolute atomic E-state index is 4.06. The average Bonchev–Trinajstić information content (AvgIpc) is 2.42. The van der Waals surface area contributed by atoms with Crippen LogP contribution in [-0.2, 0) is 6.42 Å². The molecule has 0 amide bonds. The maximum Gasteiger partial charge on any atom is 0.0297 e. The summed E-state index contributed by atoms with van der Waals surface area (Å²) in [6.45, 7) is 8.81. The van der Waals surface area contributed by atoms with Crippen LogP contribution in [0, 0.1) is 13.8 Å². The standard InChI is InChI=1S/C18H24N2/c1-13-5-6-14(2)18(11-13)16(4)20-15(3)12-17-7-9-19-10-8-17/h5-11,15-16,20H,12H2,1-4H3/t15-,16-/m0/s1. The minimum atomic E-state index is 0.367. The third kappa shape index (κ3) is 3.91. The van der Waals surface area contributed by atoms with Crippen LogP contribution in [0.2, 0.25) is 0 Å². The van der Waals surface area contributed by atoms with E-state index >= 15 is 0 Å². The van der Waals surface area contributed by atoms with Gasteiger partial charge in [-0.3, -0.25) is 4.98 Å². The van der Waals surface area contributed by atoms with E-state index in [2.05, 4.69) is 68.3 Å². The van der Waals surface area contributed by atoms with Crippen LogP contribution in [0.25, 0.3) is 0 Å². The predicted octanol–water partition coefficient (Wildman–Crippen LogP) is 3.98. The van der Waals surface area contributed by atoms with Crippen LogP contribution in [0.5, 0.6) is 0 Å². The van der Waals surface area contributed by atoms with E-state index < -0.39 is 0 Å². The molecule has 2 heteroatoms. The van der Waals surface area contributed by atoms with Gasteiger partial charge < -0.3 is 5.32 Å². The van der Waals surface area contributed by atoms with E-state index in [9.17, 15) is 0 Å². The lowest BCUT2D eigenvalue weighted by Crippen LogP contribution is -2.31. The van der Waals surface area contributed by atoms with Crippen LogP contribution < -0.4 is 5.32 Å². The Labute approximate surface area is 122 Å². The van der Waals surface area contributed by atoms with Gasteiger partial charge in [0.05, 0.1) is 0 Å². The largest absolute Gasteiger partial charge is 0.307 e. The van der Waals surface area contributed by atoms with Gasteiger partial charge in [-0.2, -0.15) is 0 Å². The van der Waals surface area contributed by atoms with Crippen LogP contribution >= 0.6 is 0 Å². The van der Waals surface area contributed by atoms with E-state index in [0.717, 1.165) is 6.42 Å². The quantitative estimate of drug-likeness (QED) is 0.887. The van der Waals surface area contributed by atoms with Crippen molar-refractivity contribution in [2.24, 2.45) is 0 Å². The normalized spacial score (nSPS) is 14.0. The van der Waals surface area contributed by atoms with E-state index in [4.69, 9.17) is 0 Å². The molecule has 1 aromatic heterocycles. The van der Waals surface area contributed by atoms with Crippen LogP contribution in [0.3, 0.4) is 0 Å². The molecule has 20 heavy (non-hydrogen) atoms. The number of aromatic nitrogens is 1. The molecule has 106 valence electrons. The first kappa shape index (κ1) is 14.7. The van der Waals surface area contributed by atoms with Gasteiger partial charge in [0.2, 0.25) is 0 Å². The van der Waals surface area contributed by atoms with Crippen LogP contribution in [0.1, 0.15) is 42.1 Å². The highest BCUT2D eigenvalue weighted by atomic mass is 14.9. The molecule has 0 aliphatic rings. The van der Waals surface area contributed by atoms with Crippen LogP contribution in [0.4, 0.5) is 0 Å². The molecule has 0 unspecified atom stereocenters. The average molecular weight is 268 g/mol. The van der Waals surface area contributed by atoms with Crippen molar-refractivity contribution in [2.45, 2.75) is 46.2 Å². The van der Waals surface area contributed by atoms with Crippen molar-refractivity contribution in [3.05, 3.63) is 65.0 Å². The molecular formula is C18H24N2. The maximum atomic E-state index is 4.06. The Hall–Kier alpha value is -1.67. The topological polar surface area (TPSA) is 24.9 Å². The van der Waals surface area contributed by atoms with E-state index in [-0.39, 0.29) is 0 Å². The fourth-order valence-corrected chi connectivity index (χ4v) is 2.67. The number of rotatable bonds is 5. The van der Waals surface area contributed by atoms with E-state index in [1.807, 2.05) is 12.4 Å². The van der Waals surface area contributed by atoms with Crippen molar-refractivity contribution in [1.82, 2.24) is 10.3 Å². The number of benzene rings is 1. The molecule has 2 nitrogen and oxygen atoms in total. The summed E-state index contributed by atoms with van der Waals surface area (Å²) >= 11 is 0. The van der Waals surface area contributed by atoms with Gasteiger partial charge in [0.1, 0.15) is 0 Å². The summed E-state index contributed by atoms with van der Waals surface area (Å²) in [4.78, 5) is 4.06. The van der Waals surface area contributed by atoms with Crippen LogP contribution in [0.15, 0.2) is 42.7 Å². The SMILES string of the molecule is Cc1ccc(C)c([C@H](C)N[C@@H](C)Cc2ccncc2)c1. The molecule has 0 saturated heterocycles. The first-order chi connectivity index (χ1) is 9.56. The third-order valence-corrected chi connectivity index (χ3v) is 3.73. The number of hydrogen-bond donors (Lipinski definition) is 1. The Morgan fingerprint density at radius 2 is 1.75 bits per heavy atom. The van der Waals surface area contributed by atoms with E-state index in [1.165, 1.54) is 22.3 Å². The van der Waals surface area contributed by atoms with Crippen molar-refractivity contribution in [1.29, 1.82) is 0 Å². The summed E-state index contributed by atoms with van der Waals surface area (Å²) in [6, 6.07) is 11.6. The number of aryl methyl sites for hydroxylation is 2. The Morgan fingerprint density at radius 1 is 1.05 bits per heavy atom. The summed E-state index contributed by atoms with van der Waals surface area (Å²) in [7, 11) is 0. The zero-order valence-electron chi connectivity index (χ0n) is 12.9. The lowest BCUT2D eigenvalue weighted by Gasteiger charge is -2.22. The number of hydrogen-bond acceptors (Lipinski definition) is 2. The first-order valence-electron chi connectivity index (χ1n) is 7.28. The molecule has 0 fully saturated rings. The first-order valence-corrected chi connectivity index (χ1v) is 7.28. The molecule has 2 atom stereocenters. The van der Waals surface area contributed by atoms with Gasteiger partial charge in [-0.25, -0.2) is 0 Å². The smallest absolute Gasteiger partial charge is 0.0297 e. The fraction of sp³-hybridized carbons (Fsp3) is 0.389. The second kappa shape index (κ2) is 6.67. The molecular weight excluding hydrogens is 244 g/mol. The third-order valence-electron chi connectivity index (χ3n) is 3.73. The summed E-state index contributed by atoms with van der Waals surface area (Å²) < 4.78 is 0. The minimum Gasteiger partial charge on any atom is -0.307 e. The highest BCUT2D eigenvalue weighted by Crippen LogP contribution is 2.19. The van der Waals surface area contributed by atoms with Crippen molar-refractivity contribution in [3.8, 4) is 0 Å². The van der Waals surface area contributed by atoms with E-state index in [1.54, 1.807) is 0 Å². The second-order valence-electron chi connectivity index (χ2n) is 5.71. The van der Waals surface area contributed by atoms with Crippen molar-refractivity contribution in [3.63, 3.8) is 0 Å². The molecule has 0 spiro atoms. The Kier molecular flexibility index (Phi) is 4.91. The summed E-state index contributed by atoms with van der Waals surface area (Å²) in [5, 5.41) is 3.69. The predicted molar refractivity (Wildman–Crippen MR) is 84.9 cm³/mol. The number of pyridine rings is 1. The zero-order chi connectivity index (χ0) is 14.5. The van der Waals surface area contributed by atoms with Gasteiger partial charge in [-0.15, -0.1) is 0 Å². The van der Waals surface area contributed by atoms with E-state index in [0.29, 0.717) is 12.1 Å². The Bertz CT molecular complexity index is 549. The molecule has 0 aliphatic carbocycles. The highest BCUT2D eigenvalue weighted by Gasteiger charge is 2.12. The zero-order valence-corrected chi connectivity index (χ0v) is 12.9. The summed E-state index contributed by atoms with van der Waals surface area (Å²) in [5.41, 5.74) is 5.40. The molecule has 1 aromatic carbocycles. The number of nitrogens with zero attached hydrogens (tertiary/aromatic N) is 1. The van der Waals surface area contributed by atoms with Gasteiger partial charge in [0.15, 0.2) is 0 Å². The molecule has 0 aliphatic heterocycles. The number of nitrogens with one attached hydrogen (secondary N) is 1. The van der Waals surface area contributed by atoms with Crippen LogP contribution in [-0.4, -0.2) is 11.0 Å². The summed E-state index contributed by atoms with van der Waals surface area (Å²) in [6.07, 6.45) is 4.74. The molecule has 1 N–H and O–H groups in total. The van der Waals surface area contributed by atoms with Gasteiger partial charge in [0.25, 0.3) is 0 Å². The fourth-order valence-electron chi connectivity index (χ4n) is 2.67. The lowest BCUT2D eigenvalue weighted by molar-refractivity contribution is 0.475. The van der Waals surface area contributed by atoms with Crippen molar-refractivity contribution < 1.29 is 0 Å². The minimum absolute atomic E-state index is 0.367. The molecule has 0 radical (unpaired) electrons. The van der Waals surface area contributed by atoms with Gasteiger partial charge in [-0.05, 0) is 62.9 Å². The molecule has 1 heterocycles. The summed E-state index contributed by atoms with van der Waals surface area (Å²) in [5.74, 6) is 0. The van der Waals surface area contributed by atoms with Gasteiger partial charge in [-0.1, -0.05) is 23.8 Å². The second-order valence-corrected chi connectivity index (χ2v) is 5.71. The van der Waals surface area contributed by atoms with Gasteiger partial charge >= 0.3 is 0 Å². The molecule has 0 saturated carbocycles. The van der Waals surface area contributed by atoms with Crippen molar-refractivity contribution in [2.75, 3.05) is 0 Å². The highest BCUT2D eigenvalue weighted by molar-refractivity contribution is 5.32. The molecule has 2 rings (SSSR count). The monoisotopic (exact) mass is 268 g/mol. The lowest BCUT2D eigenvalue weighted by atomic mass is 9.98. The Balaban J connectivity index is 2.00. The Morgan fingerprint density at radius 3 is 2.45 bits per heavy atom. The molecule has 2 aromatic rings. The van der Waals surface area contributed by atoms with Crippen molar-refractivity contribution >= 4 is 0 Å². The van der Waals surface area contributed by atoms with Gasteiger partial charge in [0, 0.05) is 24.5 Å².